The van der Waals surface area contributed by atoms with Crippen LogP contribution in [0, 0.1) is 0 Å². The summed E-state index contributed by atoms with van der Waals surface area (Å²) >= 11 is 0. The molecule has 1 amide bonds. The van der Waals surface area contributed by atoms with Crippen molar-refractivity contribution in [3.05, 3.63) is 0 Å². The molecule has 1 N–H and O–H groups in total. The molecule has 0 bridgehead atoms. The topological polar surface area (TPSA) is 53.0 Å². The maximum Gasteiger partial charge on any atom is 0.219 e. The second kappa shape index (κ2) is 5.99. The highest BCUT2D eigenvalue weighted by Gasteiger charge is 2.29. The number of hydrogen-bond acceptors (Lipinski definition) is 4. The molecule has 2 heterocycles. The van der Waals surface area contributed by atoms with Crippen LogP contribution in [0.4, 0.5) is 0 Å². The second-order valence-electron chi connectivity index (χ2n) is 5.45. The van der Waals surface area contributed by atoms with Crippen LogP contribution >= 0.6 is 0 Å². The van der Waals surface area contributed by atoms with Crippen molar-refractivity contribution in [2.75, 3.05) is 26.7 Å². The third kappa shape index (κ3) is 3.43. The van der Waals surface area contributed by atoms with Crippen LogP contribution in [0.2, 0.25) is 0 Å². The average molecular weight is 256 g/mol. The number of amides is 1. The van der Waals surface area contributed by atoms with Crippen molar-refractivity contribution in [1.82, 2.24) is 9.80 Å². The van der Waals surface area contributed by atoms with Gasteiger partial charge in [-0.25, -0.2) is 0 Å². The molecule has 0 radical (unpaired) electrons. The summed E-state index contributed by atoms with van der Waals surface area (Å²) in [6.07, 6.45) is 3.35. The molecule has 0 aromatic carbocycles. The molecule has 2 unspecified atom stereocenters. The maximum absolute atomic E-state index is 11.2. The monoisotopic (exact) mass is 256 g/mol. The van der Waals surface area contributed by atoms with Crippen LogP contribution in [0.1, 0.15) is 32.6 Å². The molecule has 2 rings (SSSR count). The molecule has 2 aliphatic rings. The van der Waals surface area contributed by atoms with E-state index in [-0.39, 0.29) is 24.3 Å². The van der Waals surface area contributed by atoms with Gasteiger partial charge < -0.3 is 14.7 Å². The van der Waals surface area contributed by atoms with Crippen LogP contribution in [-0.4, -0.2) is 65.9 Å². The van der Waals surface area contributed by atoms with E-state index >= 15 is 0 Å². The predicted molar refractivity (Wildman–Crippen MR) is 68.0 cm³/mol. The Morgan fingerprint density at radius 1 is 1.22 bits per heavy atom. The van der Waals surface area contributed by atoms with Crippen LogP contribution < -0.4 is 0 Å². The summed E-state index contributed by atoms with van der Waals surface area (Å²) in [5.74, 6) is 0.152. The lowest BCUT2D eigenvalue weighted by Crippen LogP contribution is -2.47. The summed E-state index contributed by atoms with van der Waals surface area (Å²) in [5, 5.41) is 9.68. The van der Waals surface area contributed by atoms with E-state index in [4.69, 9.17) is 4.74 Å². The first-order valence-electron chi connectivity index (χ1n) is 6.85. The van der Waals surface area contributed by atoms with Gasteiger partial charge in [-0.05, 0) is 26.3 Å². The van der Waals surface area contributed by atoms with Gasteiger partial charge in [0.15, 0.2) is 0 Å². The van der Waals surface area contributed by atoms with E-state index in [1.54, 1.807) is 6.92 Å². The van der Waals surface area contributed by atoms with Gasteiger partial charge >= 0.3 is 0 Å². The molecule has 0 saturated carbocycles. The molecule has 2 fully saturated rings. The molecule has 0 aromatic rings. The highest BCUT2D eigenvalue weighted by atomic mass is 16.5. The highest BCUT2D eigenvalue weighted by molar-refractivity contribution is 5.73. The minimum absolute atomic E-state index is 0.0302. The Hall–Kier alpha value is -0.650. The van der Waals surface area contributed by atoms with E-state index in [9.17, 15) is 9.90 Å². The summed E-state index contributed by atoms with van der Waals surface area (Å²) in [6.45, 7) is 4.09. The summed E-state index contributed by atoms with van der Waals surface area (Å²) in [5.41, 5.74) is 0. The van der Waals surface area contributed by atoms with Crippen molar-refractivity contribution in [1.29, 1.82) is 0 Å². The first-order chi connectivity index (χ1) is 8.56. The van der Waals surface area contributed by atoms with Gasteiger partial charge in [0.1, 0.15) is 6.23 Å². The number of ether oxygens (including phenoxy) is 1. The number of aliphatic hydroxyl groups is 1. The molecule has 0 aliphatic carbocycles. The Morgan fingerprint density at radius 3 is 2.50 bits per heavy atom. The fraction of sp³-hybridized carbons (Fsp3) is 0.923. The van der Waals surface area contributed by atoms with Crippen molar-refractivity contribution in [3.63, 3.8) is 0 Å². The smallest absolute Gasteiger partial charge is 0.219 e. The highest BCUT2D eigenvalue weighted by Crippen LogP contribution is 2.22. The Balaban J connectivity index is 1.78. The van der Waals surface area contributed by atoms with Gasteiger partial charge in [0.05, 0.1) is 12.2 Å². The van der Waals surface area contributed by atoms with Crippen LogP contribution in [0.5, 0.6) is 0 Å². The van der Waals surface area contributed by atoms with Gasteiger partial charge in [-0.2, -0.15) is 0 Å². The van der Waals surface area contributed by atoms with E-state index in [1.807, 2.05) is 11.9 Å². The molecular weight excluding hydrogens is 232 g/mol. The van der Waals surface area contributed by atoms with Crippen molar-refractivity contribution >= 4 is 5.91 Å². The lowest BCUT2D eigenvalue weighted by Gasteiger charge is -2.39. The maximum atomic E-state index is 11.2. The van der Waals surface area contributed by atoms with Crippen LogP contribution in [0.15, 0.2) is 0 Å². The molecule has 18 heavy (non-hydrogen) atoms. The number of hydrogen-bond donors (Lipinski definition) is 1. The third-order valence-electron chi connectivity index (χ3n) is 4.02. The zero-order valence-electron chi connectivity index (χ0n) is 11.3. The SMILES string of the molecule is CC(=O)N1CCC(OC2CC(O)CCN2C)CC1. The number of piperidine rings is 2. The Bertz CT molecular complexity index is 290. The van der Waals surface area contributed by atoms with Gasteiger partial charge in [0.2, 0.25) is 5.91 Å². The van der Waals surface area contributed by atoms with Crippen LogP contribution in [0.3, 0.4) is 0 Å². The van der Waals surface area contributed by atoms with E-state index in [1.165, 1.54) is 0 Å². The third-order valence-corrected chi connectivity index (χ3v) is 4.02. The number of carbonyl (C=O) groups excluding carboxylic acids is 1. The number of carbonyl (C=O) groups is 1. The molecule has 5 heteroatoms. The summed E-state index contributed by atoms with van der Waals surface area (Å²) in [6, 6.07) is 0. The lowest BCUT2D eigenvalue weighted by molar-refractivity contribution is -0.147. The zero-order chi connectivity index (χ0) is 13.1. The van der Waals surface area contributed by atoms with Crippen LogP contribution in [-0.2, 0) is 9.53 Å². The summed E-state index contributed by atoms with van der Waals surface area (Å²) < 4.78 is 6.07. The number of nitrogens with zero attached hydrogens (tertiary/aromatic N) is 2. The van der Waals surface area contributed by atoms with Gasteiger partial charge in [-0.15, -0.1) is 0 Å². The van der Waals surface area contributed by atoms with Gasteiger partial charge in [0, 0.05) is 33.0 Å². The lowest BCUT2D eigenvalue weighted by atomic mass is 10.0. The number of rotatable bonds is 2. The van der Waals surface area contributed by atoms with Crippen molar-refractivity contribution < 1.29 is 14.6 Å². The minimum atomic E-state index is -0.233. The molecule has 2 saturated heterocycles. The predicted octanol–water partition coefficient (Wildman–Crippen LogP) is 0.426. The molecule has 2 atom stereocenters. The number of likely N-dealkylation sites (tertiary alicyclic amines) is 2. The molecule has 104 valence electrons. The fourth-order valence-electron chi connectivity index (χ4n) is 2.72. The summed E-state index contributed by atoms with van der Waals surface area (Å²) in [7, 11) is 2.04. The van der Waals surface area contributed by atoms with E-state index in [2.05, 4.69) is 4.90 Å². The normalized spacial score (nSPS) is 31.6. The van der Waals surface area contributed by atoms with E-state index in [0.29, 0.717) is 6.42 Å². The van der Waals surface area contributed by atoms with E-state index in [0.717, 1.165) is 38.9 Å². The van der Waals surface area contributed by atoms with E-state index < -0.39 is 0 Å². The zero-order valence-corrected chi connectivity index (χ0v) is 11.3. The average Bonchev–Trinajstić information content (AvgIpc) is 2.34. The largest absolute Gasteiger partial charge is 0.393 e. The quantitative estimate of drug-likeness (QED) is 0.778. The second-order valence-corrected chi connectivity index (χ2v) is 5.45. The Kier molecular flexibility index (Phi) is 4.59. The minimum Gasteiger partial charge on any atom is -0.393 e. The Labute approximate surface area is 109 Å². The van der Waals surface area contributed by atoms with Crippen molar-refractivity contribution in [3.8, 4) is 0 Å². The first-order valence-corrected chi connectivity index (χ1v) is 6.85. The van der Waals surface area contributed by atoms with Crippen LogP contribution in [0.25, 0.3) is 0 Å². The molecule has 0 spiro atoms. The van der Waals surface area contributed by atoms with Crippen molar-refractivity contribution in [2.24, 2.45) is 0 Å². The molecule has 5 nitrogen and oxygen atoms in total. The molecule has 2 aliphatic heterocycles. The number of aliphatic hydroxyl groups excluding tert-OH is 1. The van der Waals surface area contributed by atoms with Crippen molar-refractivity contribution in [2.45, 2.75) is 51.0 Å². The van der Waals surface area contributed by atoms with Gasteiger partial charge in [-0.1, -0.05) is 0 Å². The standard InChI is InChI=1S/C13H24N2O3/c1-10(16)15-7-4-12(5-8-15)18-13-9-11(17)3-6-14(13)2/h11-13,17H,3-9H2,1-2H3. The molecule has 0 aromatic heterocycles. The first kappa shape index (κ1) is 13.8. The Morgan fingerprint density at radius 2 is 1.89 bits per heavy atom. The fourth-order valence-corrected chi connectivity index (χ4v) is 2.72. The summed E-state index contributed by atoms with van der Waals surface area (Å²) in [4.78, 5) is 15.3. The van der Waals surface area contributed by atoms with Gasteiger partial charge in [-0.3, -0.25) is 9.69 Å². The van der Waals surface area contributed by atoms with Gasteiger partial charge in [0.25, 0.3) is 0 Å². The molecular formula is C13H24N2O3.